The number of carboxylic acid groups (broad SMARTS) is 1. The number of hydrogen-bond donors (Lipinski definition) is 3. The van der Waals surface area contributed by atoms with E-state index in [4.69, 9.17) is 14.4 Å². The van der Waals surface area contributed by atoms with E-state index >= 15 is 0 Å². The lowest BCUT2D eigenvalue weighted by Crippen LogP contribution is -2.16. The van der Waals surface area contributed by atoms with E-state index in [1.165, 1.54) is 0 Å². The lowest BCUT2D eigenvalue weighted by molar-refractivity contribution is -0.130. The van der Waals surface area contributed by atoms with Crippen LogP contribution in [0.3, 0.4) is 0 Å². The van der Waals surface area contributed by atoms with Crippen LogP contribution in [0.4, 0.5) is 10.5 Å². The average molecular weight is 429 g/mol. The first kappa shape index (κ1) is 20.8. The number of benzene rings is 2. The number of carboxylic acids is 1. The van der Waals surface area contributed by atoms with Crippen LogP contribution in [0.15, 0.2) is 59.1 Å². The minimum atomic E-state index is -1.20. The van der Waals surface area contributed by atoms with Gasteiger partial charge in [0.1, 0.15) is 17.5 Å². The van der Waals surface area contributed by atoms with Gasteiger partial charge in [-0.05, 0) is 37.6 Å². The van der Waals surface area contributed by atoms with Gasteiger partial charge < -0.3 is 19.4 Å². The fourth-order valence-electron chi connectivity index (χ4n) is 3.24. The second kappa shape index (κ2) is 8.70. The number of aryl methyl sites for hydroxylation is 1. The maximum absolute atomic E-state index is 12.5. The molecule has 0 fully saturated rings. The lowest BCUT2D eigenvalue weighted by atomic mass is 10.1. The first-order valence-electron chi connectivity index (χ1n) is 9.77. The molecular weight excluding hydrogens is 410 g/mol. The first-order chi connectivity index (χ1) is 15.4. The van der Waals surface area contributed by atoms with E-state index in [1.54, 1.807) is 26.0 Å². The summed E-state index contributed by atoms with van der Waals surface area (Å²) in [5.74, 6) is 3.82. The number of amides is 1. The molecule has 2 heterocycles. The third-order valence-electron chi connectivity index (χ3n) is 4.82. The van der Waals surface area contributed by atoms with E-state index in [0.717, 1.165) is 16.5 Å². The largest absolute Gasteiger partial charge is 0.472 e. The number of carbonyl (C=O) groups excluding carboxylic acids is 1. The molecule has 0 aliphatic carbocycles. The Bertz CT molecular complexity index is 1360. The molecule has 1 amide bonds. The molecule has 160 valence electrons. The van der Waals surface area contributed by atoms with E-state index in [1.807, 2.05) is 42.5 Å². The number of hydrogen-bond acceptors (Lipinski definition) is 5. The number of rotatable bonds is 4. The Balaban J connectivity index is 1.57. The molecule has 0 saturated carbocycles. The lowest BCUT2D eigenvalue weighted by Gasteiger charge is -2.14. The van der Waals surface area contributed by atoms with E-state index in [9.17, 15) is 9.59 Å². The summed E-state index contributed by atoms with van der Waals surface area (Å²) in [4.78, 5) is 26.3. The maximum atomic E-state index is 12.5. The van der Waals surface area contributed by atoms with Gasteiger partial charge in [0.2, 0.25) is 5.76 Å². The molecule has 8 nitrogen and oxygen atoms in total. The average Bonchev–Trinajstić information content (AvgIpc) is 3.35. The van der Waals surface area contributed by atoms with Gasteiger partial charge in [-0.25, -0.2) is 9.59 Å². The minimum absolute atomic E-state index is 0.348. The Morgan fingerprint density at radius 3 is 2.72 bits per heavy atom. The maximum Gasteiger partial charge on any atom is 0.412 e. The summed E-state index contributed by atoms with van der Waals surface area (Å²) in [5, 5.41) is 16.3. The number of anilines is 1. The van der Waals surface area contributed by atoms with Crippen LogP contribution in [0.25, 0.3) is 22.4 Å². The monoisotopic (exact) mass is 429 g/mol. The van der Waals surface area contributed by atoms with Crippen molar-refractivity contribution in [2.75, 3.05) is 5.32 Å². The highest BCUT2D eigenvalue weighted by molar-refractivity contribution is 5.93. The number of nitrogens with one attached hydrogen (secondary N) is 2. The van der Waals surface area contributed by atoms with Gasteiger partial charge in [-0.15, -0.1) is 0 Å². The normalized spacial score (nSPS) is 11.4. The van der Waals surface area contributed by atoms with Gasteiger partial charge in [0.05, 0.1) is 5.69 Å². The van der Waals surface area contributed by atoms with Crippen molar-refractivity contribution in [1.82, 2.24) is 10.1 Å². The Morgan fingerprint density at radius 1 is 1.19 bits per heavy atom. The first-order valence-corrected chi connectivity index (χ1v) is 9.77. The number of aromatic nitrogens is 2. The molecule has 8 heteroatoms. The zero-order valence-electron chi connectivity index (χ0n) is 17.3. The van der Waals surface area contributed by atoms with Crippen molar-refractivity contribution in [2.24, 2.45) is 0 Å². The zero-order chi connectivity index (χ0) is 22.7. The summed E-state index contributed by atoms with van der Waals surface area (Å²) < 4.78 is 10.9. The highest BCUT2D eigenvalue weighted by Gasteiger charge is 2.21. The van der Waals surface area contributed by atoms with E-state index in [2.05, 4.69) is 27.3 Å². The van der Waals surface area contributed by atoms with Gasteiger partial charge in [0.15, 0.2) is 0 Å². The molecular formula is C24H19N3O5. The van der Waals surface area contributed by atoms with Crippen LogP contribution in [0, 0.1) is 18.8 Å². The number of nitrogens with zero attached hydrogens (tertiary/aromatic N) is 1. The van der Waals surface area contributed by atoms with E-state index in [-0.39, 0.29) is 0 Å². The van der Waals surface area contributed by atoms with Crippen LogP contribution in [0.5, 0.6) is 0 Å². The molecule has 4 aromatic rings. The molecule has 3 N–H and O–H groups in total. The summed E-state index contributed by atoms with van der Waals surface area (Å²) in [6.45, 7) is 3.50. The van der Waals surface area contributed by atoms with Gasteiger partial charge in [0.25, 0.3) is 0 Å². The molecule has 1 unspecified atom stereocenters. The second-order valence-corrected chi connectivity index (χ2v) is 7.10. The molecule has 1 atom stereocenters. The number of aromatic amines is 1. The van der Waals surface area contributed by atoms with Crippen LogP contribution < -0.4 is 5.32 Å². The van der Waals surface area contributed by atoms with Crippen LogP contribution in [-0.2, 0) is 9.53 Å². The summed E-state index contributed by atoms with van der Waals surface area (Å²) >= 11 is 0. The minimum Gasteiger partial charge on any atom is -0.472 e. The number of H-pyrrole nitrogens is 1. The van der Waals surface area contributed by atoms with Crippen molar-refractivity contribution >= 4 is 28.7 Å². The zero-order valence-corrected chi connectivity index (χ0v) is 17.3. The quantitative estimate of drug-likeness (QED) is 0.398. The van der Waals surface area contributed by atoms with Crippen molar-refractivity contribution in [3.63, 3.8) is 0 Å². The summed E-state index contributed by atoms with van der Waals surface area (Å²) in [5.41, 5.74) is 3.65. The molecule has 0 spiro atoms. The topological polar surface area (TPSA) is 117 Å². The van der Waals surface area contributed by atoms with Crippen LogP contribution in [-0.4, -0.2) is 27.3 Å². The van der Waals surface area contributed by atoms with Crippen molar-refractivity contribution < 1.29 is 24.0 Å². The number of carbonyl (C=O) groups is 2. The fraction of sp³-hybridized carbons (Fsp3) is 0.125. The molecule has 0 aliphatic heterocycles. The van der Waals surface area contributed by atoms with Gasteiger partial charge in [0, 0.05) is 22.4 Å². The summed E-state index contributed by atoms with van der Waals surface area (Å²) in [6.07, 6.45) is -1.06. The van der Waals surface area contributed by atoms with E-state index in [0.29, 0.717) is 28.4 Å². The summed E-state index contributed by atoms with van der Waals surface area (Å²) in [7, 11) is 0. The van der Waals surface area contributed by atoms with Crippen LogP contribution in [0.1, 0.15) is 29.8 Å². The van der Waals surface area contributed by atoms with Gasteiger partial charge >= 0.3 is 12.1 Å². The fourth-order valence-corrected chi connectivity index (χ4v) is 3.24. The number of ether oxygens (including phenoxy) is 1. The molecule has 32 heavy (non-hydrogen) atoms. The van der Waals surface area contributed by atoms with Crippen LogP contribution in [0.2, 0.25) is 0 Å². The molecule has 0 aliphatic rings. The molecule has 0 bridgehead atoms. The predicted octanol–water partition coefficient (Wildman–Crippen LogP) is 4.88. The third-order valence-corrected chi connectivity index (χ3v) is 4.82. The third kappa shape index (κ3) is 4.47. The highest BCUT2D eigenvalue weighted by atomic mass is 16.6. The predicted molar refractivity (Wildman–Crippen MR) is 118 cm³/mol. The SMILES string of the molecule is Cc1noc(-c2cc3ccc(C#CC(=O)O)cc3[nH]2)c1NC(=O)OC(C)c1ccccc1. The Morgan fingerprint density at radius 2 is 1.97 bits per heavy atom. The molecule has 0 saturated heterocycles. The van der Waals surface area contributed by atoms with Crippen molar-refractivity contribution in [2.45, 2.75) is 20.0 Å². The summed E-state index contributed by atoms with van der Waals surface area (Å²) in [6, 6.07) is 16.5. The Hall–Kier alpha value is -4.51. The number of fused-ring (bicyclic) bond motifs is 1. The van der Waals surface area contributed by atoms with Crippen molar-refractivity contribution in [3.05, 3.63) is 71.4 Å². The van der Waals surface area contributed by atoms with Gasteiger partial charge in [-0.3, -0.25) is 5.32 Å². The Labute approximate surface area is 183 Å². The van der Waals surface area contributed by atoms with Gasteiger partial charge in [-0.2, -0.15) is 0 Å². The van der Waals surface area contributed by atoms with Crippen molar-refractivity contribution in [3.8, 4) is 23.3 Å². The molecule has 4 rings (SSSR count). The number of aliphatic carboxylic acids is 1. The molecule has 2 aromatic carbocycles. The highest BCUT2D eigenvalue weighted by Crippen LogP contribution is 2.33. The second-order valence-electron chi connectivity index (χ2n) is 7.10. The molecule has 0 radical (unpaired) electrons. The van der Waals surface area contributed by atoms with Gasteiger partial charge in [-0.1, -0.05) is 47.5 Å². The van der Waals surface area contributed by atoms with E-state index < -0.39 is 18.2 Å². The standard InChI is InChI=1S/C24H19N3O5/c1-14-22(26-24(30)31-15(2)17-6-4-3-5-7-17)23(32-27-14)20-13-18-10-8-16(9-11-21(28)29)12-19(18)25-20/h3-8,10,12-13,15,25H,1-2H3,(H,26,30)(H,28,29). The van der Waals surface area contributed by atoms with Crippen LogP contribution >= 0.6 is 0 Å². The van der Waals surface area contributed by atoms with Crippen molar-refractivity contribution in [1.29, 1.82) is 0 Å². The smallest absolute Gasteiger partial charge is 0.412 e. The Kier molecular flexibility index (Phi) is 5.64. The molecule has 2 aromatic heterocycles.